The van der Waals surface area contributed by atoms with Crippen molar-refractivity contribution in [3.8, 4) is 6.07 Å². The van der Waals surface area contributed by atoms with E-state index in [0.29, 0.717) is 12.1 Å². The second-order valence-electron chi connectivity index (χ2n) is 4.72. The van der Waals surface area contributed by atoms with Crippen LogP contribution in [-0.4, -0.2) is 49.8 Å². The Bertz CT molecular complexity index is 233. The number of nitriles is 1. The quantitative estimate of drug-likeness (QED) is 0.669. The van der Waals surface area contributed by atoms with Gasteiger partial charge in [-0.25, -0.2) is 0 Å². The zero-order chi connectivity index (χ0) is 12.0. The van der Waals surface area contributed by atoms with E-state index >= 15 is 0 Å². The van der Waals surface area contributed by atoms with Crippen molar-refractivity contribution < 1.29 is 4.74 Å². The van der Waals surface area contributed by atoms with Crippen LogP contribution >= 0.6 is 0 Å². The largest absolute Gasteiger partial charge is 0.383 e. The van der Waals surface area contributed by atoms with Gasteiger partial charge in [0.05, 0.1) is 12.7 Å². The molecule has 1 aliphatic carbocycles. The third-order valence-electron chi connectivity index (χ3n) is 2.75. The molecule has 1 aliphatic rings. The Hall–Kier alpha value is -0.630. The normalized spacial score (nSPS) is 17.8. The molecule has 0 aromatic carbocycles. The van der Waals surface area contributed by atoms with Gasteiger partial charge in [-0.2, -0.15) is 5.26 Å². The Kier molecular flexibility index (Phi) is 5.75. The number of rotatable bonds is 8. The second-order valence-corrected chi connectivity index (χ2v) is 4.72. The summed E-state index contributed by atoms with van der Waals surface area (Å²) in [4.78, 5) is 2.37. The summed E-state index contributed by atoms with van der Waals surface area (Å²) < 4.78 is 5.10. The lowest BCUT2D eigenvalue weighted by atomic mass is 10.2. The van der Waals surface area contributed by atoms with Crippen LogP contribution in [0.2, 0.25) is 0 Å². The van der Waals surface area contributed by atoms with Gasteiger partial charge in [0.25, 0.3) is 0 Å². The van der Waals surface area contributed by atoms with Crippen molar-refractivity contribution in [1.82, 2.24) is 10.2 Å². The Morgan fingerprint density at radius 2 is 2.19 bits per heavy atom. The van der Waals surface area contributed by atoms with Crippen molar-refractivity contribution in [2.24, 2.45) is 0 Å². The van der Waals surface area contributed by atoms with Crippen LogP contribution in [0.15, 0.2) is 0 Å². The zero-order valence-corrected chi connectivity index (χ0v) is 10.6. The van der Waals surface area contributed by atoms with Crippen molar-refractivity contribution in [1.29, 1.82) is 5.26 Å². The minimum atomic E-state index is -0.0718. The molecule has 0 heterocycles. The van der Waals surface area contributed by atoms with Crippen molar-refractivity contribution in [2.75, 3.05) is 26.8 Å². The van der Waals surface area contributed by atoms with Gasteiger partial charge in [0.15, 0.2) is 0 Å². The van der Waals surface area contributed by atoms with E-state index in [0.717, 1.165) is 19.7 Å². The molecule has 0 aliphatic heterocycles. The van der Waals surface area contributed by atoms with Gasteiger partial charge < -0.3 is 4.74 Å². The molecule has 0 radical (unpaired) electrons. The summed E-state index contributed by atoms with van der Waals surface area (Å²) in [5, 5.41) is 12.4. The monoisotopic (exact) mass is 225 g/mol. The van der Waals surface area contributed by atoms with Gasteiger partial charge in [-0.1, -0.05) is 0 Å². The van der Waals surface area contributed by atoms with Crippen molar-refractivity contribution in [2.45, 2.75) is 44.8 Å². The average molecular weight is 225 g/mol. The van der Waals surface area contributed by atoms with Gasteiger partial charge in [0, 0.05) is 32.3 Å². The molecule has 0 aromatic heterocycles. The zero-order valence-electron chi connectivity index (χ0n) is 10.6. The fourth-order valence-corrected chi connectivity index (χ4v) is 1.84. The molecule has 1 rings (SSSR count). The Morgan fingerprint density at radius 1 is 1.50 bits per heavy atom. The molecule has 92 valence electrons. The van der Waals surface area contributed by atoms with E-state index in [9.17, 15) is 0 Å². The highest BCUT2D eigenvalue weighted by Gasteiger charge is 2.30. The van der Waals surface area contributed by atoms with Crippen molar-refractivity contribution in [3.63, 3.8) is 0 Å². The van der Waals surface area contributed by atoms with Crippen LogP contribution in [0.3, 0.4) is 0 Å². The fourth-order valence-electron chi connectivity index (χ4n) is 1.84. The predicted octanol–water partition coefficient (Wildman–Crippen LogP) is 0.987. The van der Waals surface area contributed by atoms with Gasteiger partial charge in [-0.05, 0) is 26.7 Å². The van der Waals surface area contributed by atoms with Gasteiger partial charge in [0.1, 0.15) is 6.04 Å². The molecule has 0 aromatic rings. The van der Waals surface area contributed by atoms with Crippen LogP contribution in [0.25, 0.3) is 0 Å². The summed E-state index contributed by atoms with van der Waals surface area (Å²) in [5.41, 5.74) is 0. The third-order valence-corrected chi connectivity index (χ3v) is 2.75. The lowest BCUT2D eigenvalue weighted by molar-refractivity contribution is 0.139. The first kappa shape index (κ1) is 13.4. The molecule has 0 saturated heterocycles. The minimum absolute atomic E-state index is 0.0718. The molecule has 0 spiro atoms. The molecule has 1 N–H and O–H groups in total. The summed E-state index contributed by atoms with van der Waals surface area (Å²) in [5.74, 6) is 0. The third kappa shape index (κ3) is 4.93. The number of ether oxygens (including phenoxy) is 1. The number of nitrogens with one attached hydrogen (secondary N) is 1. The molecule has 16 heavy (non-hydrogen) atoms. The van der Waals surface area contributed by atoms with Crippen molar-refractivity contribution in [3.05, 3.63) is 0 Å². The van der Waals surface area contributed by atoms with Gasteiger partial charge >= 0.3 is 0 Å². The maximum Gasteiger partial charge on any atom is 0.108 e. The maximum absolute atomic E-state index is 9.08. The topological polar surface area (TPSA) is 48.3 Å². The molecule has 0 bridgehead atoms. The van der Waals surface area contributed by atoms with Gasteiger partial charge in [0.2, 0.25) is 0 Å². The van der Waals surface area contributed by atoms with E-state index in [1.165, 1.54) is 12.8 Å². The minimum Gasteiger partial charge on any atom is -0.383 e. The first-order valence-corrected chi connectivity index (χ1v) is 6.06. The van der Waals surface area contributed by atoms with Crippen LogP contribution in [0.5, 0.6) is 0 Å². The smallest absolute Gasteiger partial charge is 0.108 e. The molecule has 1 unspecified atom stereocenters. The molecule has 1 fully saturated rings. The van der Waals surface area contributed by atoms with Crippen molar-refractivity contribution >= 4 is 0 Å². The van der Waals surface area contributed by atoms with E-state index in [4.69, 9.17) is 10.00 Å². The standard InChI is InChI=1S/C12H23N3O/c1-10(2)14-11(8-13)9-15(6-7-16-3)12-4-5-12/h10-12,14H,4-7,9H2,1-3H3. The highest BCUT2D eigenvalue weighted by atomic mass is 16.5. The van der Waals surface area contributed by atoms with E-state index in [-0.39, 0.29) is 6.04 Å². The molecular formula is C12H23N3O. The second kappa shape index (κ2) is 6.85. The molecule has 1 atom stereocenters. The van der Waals surface area contributed by atoms with Crippen LogP contribution < -0.4 is 5.32 Å². The lowest BCUT2D eigenvalue weighted by Gasteiger charge is -2.25. The molecular weight excluding hydrogens is 202 g/mol. The first-order valence-electron chi connectivity index (χ1n) is 6.06. The Morgan fingerprint density at radius 3 is 2.62 bits per heavy atom. The van der Waals surface area contributed by atoms with E-state index in [2.05, 4.69) is 30.1 Å². The average Bonchev–Trinajstić information content (AvgIpc) is 3.05. The van der Waals surface area contributed by atoms with Crippen LogP contribution in [0, 0.1) is 11.3 Å². The highest BCUT2D eigenvalue weighted by Crippen LogP contribution is 2.26. The number of nitrogens with zero attached hydrogens (tertiary/aromatic N) is 2. The summed E-state index contributed by atoms with van der Waals surface area (Å²) in [7, 11) is 1.72. The predicted molar refractivity (Wildman–Crippen MR) is 64.1 cm³/mol. The van der Waals surface area contributed by atoms with E-state index in [1.54, 1.807) is 7.11 Å². The van der Waals surface area contributed by atoms with E-state index < -0.39 is 0 Å². The van der Waals surface area contributed by atoms with Crippen LogP contribution in [0.1, 0.15) is 26.7 Å². The first-order chi connectivity index (χ1) is 7.67. The summed E-state index contributed by atoms with van der Waals surface area (Å²) in [6.07, 6.45) is 2.53. The number of hydrogen-bond acceptors (Lipinski definition) is 4. The number of methoxy groups -OCH3 is 1. The Labute approximate surface area is 98.6 Å². The van der Waals surface area contributed by atoms with Crippen LogP contribution in [0.4, 0.5) is 0 Å². The fraction of sp³-hybridized carbons (Fsp3) is 0.917. The molecule has 0 amide bonds. The van der Waals surface area contributed by atoms with Gasteiger partial charge in [-0.3, -0.25) is 10.2 Å². The maximum atomic E-state index is 9.08. The molecule has 4 nitrogen and oxygen atoms in total. The van der Waals surface area contributed by atoms with Crippen LogP contribution in [-0.2, 0) is 4.74 Å². The van der Waals surface area contributed by atoms with Gasteiger partial charge in [-0.15, -0.1) is 0 Å². The summed E-state index contributed by atoms with van der Waals surface area (Å²) in [6, 6.07) is 3.29. The SMILES string of the molecule is COCCN(CC(C#N)NC(C)C)C1CC1. The van der Waals surface area contributed by atoms with E-state index in [1.807, 2.05) is 0 Å². The highest BCUT2D eigenvalue weighted by molar-refractivity contribution is 4.96. The summed E-state index contributed by atoms with van der Waals surface area (Å²) >= 11 is 0. The molecule has 1 saturated carbocycles. The summed E-state index contributed by atoms with van der Waals surface area (Å²) in [6.45, 7) is 6.63. The Balaban J connectivity index is 2.36. The lowest BCUT2D eigenvalue weighted by Crippen LogP contribution is -2.44. The molecule has 4 heteroatoms. The number of hydrogen-bond donors (Lipinski definition) is 1.